The Hall–Kier alpha value is -2.49. The third kappa shape index (κ3) is 5.51. The largest absolute Gasteiger partial charge is 0.489 e. The molecule has 2 aromatic rings. The number of hydrogen-bond acceptors (Lipinski definition) is 3. The number of rotatable bonds is 7. The molecule has 0 saturated heterocycles. The number of benzene rings is 2. The van der Waals surface area contributed by atoms with Crippen LogP contribution in [0.15, 0.2) is 54.6 Å². The maximum Gasteiger partial charge on any atom is 0.242 e. The molecular weight excluding hydrogens is 324 g/mol. The number of hydrogen-bond donors (Lipinski definition) is 2. The van der Waals surface area contributed by atoms with Crippen LogP contribution in [0.2, 0.25) is 0 Å². The average Bonchev–Trinajstić information content (AvgIpc) is 2.69. The molecule has 0 radical (unpaired) electrons. The standard InChI is InChI=1S/C22H28N2O2/c1-17(22(25)24-19-10-6-3-7-11-19)23-20-12-14-21(15-13-20)26-16-18-8-4-2-5-9-18/h2,4-5,8-9,12-15,17,19,23H,3,6-7,10-11,16H2,1H3,(H,24,25)/t17-/m1/s1. The van der Waals surface area contributed by atoms with Gasteiger partial charge in [0, 0.05) is 11.7 Å². The lowest BCUT2D eigenvalue weighted by atomic mass is 9.95. The minimum absolute atomic E-state index is 0.0707. The molecule has 138 valence electrons. The minimum atomic E-state index is -0.256. The first-order valence-corrected chi connectivity index (χ1v) is 9.54. The van der Waals surface area contributed by atoms with Crippen molar-refractivity contribution in [3.05, 3.63) is 60.2 Å². The van der Waals surface area contributed by atoms with E-state index in [1.54, 1.807) is 0 Å². The van der Waals surface area contributed by atoms with Gasteiger partial charge in [0.15, 0.2) is 0 Å². The van der Waals surface area contributed by atoms with Crippen molar-refractivity contribution in [2.24, 2.45) is 0 Å². The van der Waals surface area contributed by atoms with E-state index in [0.717, 1.165) is 29.8 Å². The second kappa shape index (κ2) is 9.27. The van der Waals surface area contributed by atoms with E-state index in [-0.39, 0.29) is 11.9 Å². The van der Waals surface area contributed by atoms with Gasteiger partial charge in [-0.1, -0.05) is 49.6 Å². The smallest absolute Gasteiger partial charge is 0.242 e. The summed E-state index contributed by atoms with van der Waals surface area (Å²) >= 11 is 0. The first kappa shape index (κ1) is 18.3. The van der Waals surface area contributed by atoms with Gasteiger partial charge in [-0.3, -0.25) is 4.79 Å². The number of ether oxygens (including phenoxy) is 1. The van der Waals surface area contributed by atoms with E-state index in [4.69, 9.17) is 4.74 Å². The number of anilines is 1. The van der Waals surface area contributed by atoms with Crippen molar-refractivity contribution in [3.63, 3.8) is 0 Å². The van der Waals surface area contributed by atoms with Crippen molar-refractivity contribution < 1.29 is 9.53 Å². The highest BCUT2D eigenvalue weighted by atomic mass is 16.5. The van der Waals surface area contributed by atoms with E-state index < -0.39 is 0 Å². The average molecular weight is 352 g/mol. The normalized spacial score (nSPS) is 15.9. The number of amides is 1. The fraction of sp³-hybridized carbons (Fsp3) is 0.409. The molecular formula is C22H28N2O2. The molecule has 26 heavy (non-hydrogen) atoms. The number of carbonyl (C=O) groups excluding carboxylic acids is 1. The minimum Gasteiger partial charge on any atom is -0.489 e. The van der Waals surface area contributed by atoms with Crippen molar-refractivity contribution in [1.82, 2.24) is 5.32 Å². The van der Waals surface area contributed by atoms with Crippen molar-refractivity contribution in [2.75, 3.05) is 5.32 Å². The predicted molar refractivity (Wildman–Crippen MR) is 105 cm³/mol. The summed E-state index contributed by atoms with van der Waals surface area (Å²) in [4.78, 5) is 12.3. The zero-order valence-electron chi connectivity index (χ0n) is 15.4. The van der Waals surface area contributed by atoms with Gasteiger partial charge in [0.1, 0.15) is 18.4 Å². The molecule has 4 nitrogen and oxygen atoms in total. The highest BCUT2D eigenvalue weighted by molar-refractivity contribution is 5.84. The third-order valence-corrected chi connectivity index (χ3v) is 4.83. The van der Waals surface area contributed by atoms with Crippen LogP contribution in [0.3, 0.4) is 0 Å². The van der Waals surface area contributed by atoms with Crippen LogP contribution in [0.1, 0.15) is 44.6 Å². The van der Waals surface area contributed by atoms with Gasteiger partial charge in [0.05, 0.1) is 0 Å². The Bertz CT molecular complexity index is 679. The van der Waals surface area contributed by atoms with Crippen molar-refractivity contribution in [3.8, 4) is 5.75 Å². The maximum atomic E-state index is 12.3. The van der Waals surface area contributed by atoms with Gasteiger partial charge in [-0.25, -0.2) is 0 Å². The summed E-state index contributed by atoms with van der Waals surface area (Å²) in [5.74, 6) is 0.889. The first-order chi connectivity index (χ1) is 12.7. The molecule has 1 amide bonds. The third-order valence-electron chi connectivity index (χ3n) is 4.83. The second-order valence-electron chi connectivity index (χ2n) is 7.01. The highest BCUT2D eigenvalue weighted by Gasteiger charge is 2.19. The lowest BCUT2D eigenvalue weighted by Gasteiger charge is -2.25. The van der Waals surface area contributed by atoms with Gasteiger partial charge in [0.2, 0.25) is 5.91 Å². The summed E-state index contributed by atoms with van der Waals surface area (Å²) in [6.07, 6.45) is 5.94. The van der Waals surface area contributed by atoms with E-state index in [2.05, 4.69) is 10.6 Å². The number of carbonyl (C=O) groups is 1. The molecule has 1 saturated carbocycles. The molecule has 1 atom stereocenters. The van der Waals surface area contributed by atoms with Crippen LogP contribution >= 0.6 is 0 Å². The van der Waals surface area contributed by atoms with Crippen LogP contribution < -0.4 is 15.4 Å². The van der Waals surface area contributed by atoms with Gasteiger partial charge in [-0.15, -0.1) is 0 Å². The molecule has 0 heterocycles. The fourth-order valence-electron chi connectivity index (χ4n) is 3.28. The van der Waals surface area contributed by atoms with Gasteiger partial charge in [-0.05, 0) is 49.6 Å². The topological polar surface area (TPSA) is 50.4 Å². The van der Waals surface area contributed by atoms with Crippen LogP contribution in [-0.4, -0.2) is 18.0 Å². The van der Waals surface area contributed by atoms with Crippen LogP contribution in [0.4, 0.5) is 5.69 Å². The van der Waals surface area contributed by atoms with E-state index >= 15 is 0 Å². The summed E-state index contributed by atoms with van der Waals surface area (Å²) in [7, 11) is 0. The molecule has 1 fully saturated rings. The zero-order chi connectivity index (χ0) is 18.2. The Balaban J connectivity index is 1.46. The molecule has 0 unspecified atom stereocenters. The summed E-state index contributed by atoms with van der Waals surface area (Å²) in [6.45, 7) is 2.45. The quantitative estimate of drug-likeness (QED) is 0.770. The summed E-state index contributed by atoms with van der Waals surface area (Å²) in [5.41, 5.74) is 2.06. The zero-order valence-corrected chi connectivity index (χ0v) is 15.4. The Kier molecular flexibility index (Phi) is 6.53. The molecule has 2 aromatic carbocycles. The summed E-state index contributed by atoms with van der Waals surface area (Å²) < 4.78 is 5.79. The van der Waals surface area contributed by atoms with E-state index in [1.165, 1.54) is 19.3 Å². The molecule has 3 rings (SSSR count). The Morgan fingerprint density at radius 3 is 2.42 bits per heavy atom. The lowest BCUT2D eigenvalue weighted by molar-refractivity contribution is -0.122. The molecule has 0 aliphatic heterocycles. The summed E-state index contributed by atoms with van der Waals surface area (Å²) in [5, 5.41) is 6.43. The second-order valence-corrected chi connectivity index (χ2v) is 7.01. The van der Waals surface area contributed by atoms with Crippen LogP contribution in [0, 0.1) is 0 Å². The Labute approximate surface area is 156 Å². The lowest BCUT2D eigenvalue weighted by Crippen LogP contribution is -2.43. The first-order valence-electron chi connectivity index (χ1n) is 9.54. The Morgan fingerprint density at radius 1 is 1.04 bits per heavy atom. The monoisotopic (exact) mass is 352 g/mol. The molecule has 0 aromatic heterocycles. The van der Waals surface area contributed by atoms with Crippen LogP contribution in [0.25, 0.3) is 0 Å². The van der Waals surface area contributed by atoms with Gasteiger partial charge < -0.3 is 15.4 Å². The molecule has 0 spiro atoms. The van der Waals surface area contributed by atoms with E-state index in [1.807, 2.05) is 61.5 Å². The van der Waals surface area contributed by atoms with E-state index in [0.29, 0.717) is 12.6 Å². The van der Waals surface area contributed by atoms with Gasteiger partial charge in [0.25, 0.3) is 0 Å². The van der Waals surface area contributed by atoms with Crippen molar-refractivity contribution in [2.45, 2.75) is 57.7 Å². The molecule has 0 bridgehead atoms. The van der Waals surface area contributed by atoms with Gasteiger partial charge >= 0.3 is 0 Å². The molecule has 1 aliphatic carbocycles. The SMILES string of the molecule is C[C@@H](Nc1ccc(OCc2ccccc2)cc1)C(=O)NC1CCCCC1. The molecule has 1 aliphatic rings. The van der Waals surface area contributed by atoms with E-state index in [9.17, 15) is 4.79 Å². The van der Waals surface area contributed by atoms with Crippen LogP contribution in [0.5, 0.6) is 5.75 Å². The van der Waals surface area contributed by atoms with Crippen molar-refractivity contribution in [1.29, 1.82) is 0 Å². The van der Waals surface area contributed by atoms with Crippen LogP contribution in [-0.2, 0) is 11.4 Å². The maximum absolute atomic E-state index is 12.3. The fourth-order valence-corrected chi connectivity index (χ4v) is 3.28. The number of nitrogens with one attached hydrogen (secondary N) is 2. The Morgan fingerprint density at radius 2 is 1.73 bits per heavy atom. The summed E-state index contributed by atoms with van der Waals surface area (Å²) in [6, 6.07) is 17.9. The molecule has 2 N–H and O–H groups in total. The molecule has 4 heteroatoms. The van der Waals surface area contributed by atoms with Gasteiger partial charge in [-0.2, -0.15) is 0 Å². The van der Waals surface area contributed by atoms with Crippen molar-refractivity contribution >= 4 is 11.6 Å². The predicted octanol–water partition coefficient (Wildman–Crippen LogP) is 4.51. The highest BCUT2D eigenvalue weighted by Crippen LogP contribution is 2.19.